The van der Waals surface area contributed by atoms with E-state index in [2.05, 4.69) is 48.0 Å². The first-order valence-corrected chi connectivity index (χ1v) is 7.99. The molecule has 0 aliphatic carbocycles. The monoisotopic (exact) mass is 283 g/mol. The van der Waals surface area contributed by atoms with Gasteiger partial charge < -0.3 is 5.73 Å². The molecule has 21 heavy (non-hydrogen) atoms. The molecule has 1 aromatic heterocycles. The second-order valence-corrected chi connectivity index (χ2v) is 6.44. The van der Waals surface area contributed by atoms with Crippen molar-refractivity contribution in [2.45, 2.75) is 38.8 Å². The summed E-state index contributed by atoms with van der Waals surface area (Å²) in [5.74, 6) is 0.761. The SMILES string of the molecule is CC1CCC(C)N(C(CN)c2ccc3ncccc3c2)C1. The van der Waals surface area contributed by atoms with Crippen LogP contribution in [0.3, 0.4) is 0 Å². The van der Waals surface area contributed by atoms with Crippen LogP contribution in [-0.2, 0) is 0 Å². The van der Waals surface area contributed by atoms with E-state index in [0.717, 1.165) is 18.0 Å². The van der Waals surface area contributed by atoms with E-state index in [1.165, 1.54) is 23.8 Å². The first-order valence-electron chi connectivity index (χ1n) is 7.99. The summed E-state index contributed by atoms with van der Waals surface area (Å²) in [6.45, 7) is 6.49. The number of hydrogen-bond donors (Lipinski definition) is 1. The van der Waals surface area contributed by atoms with E-state index >= 15 is 0 Å². The molecule has 1 fully saturated rings. The Morgan fingerprint density at radius 1 is 1.29 bits per heavy atom. The number of piperidine rings is 1. The van der Waals surface area contributed by atoms with Gasteiger partial charge in [-0.1, -0.05) is 19.1 Å². The molecule has 3 rings (SSSR count). The van der Waals surface area contributed by atoms with Crippen LogP contribution in [0.25, 0.3) is 10.9 Å². The van der Waals surface area contributed by atoms with Gasteiger partial charge in [-0.25, -0.2) is 0 Å². The van der Waals surface area contributed by atoms with Crippen LogP contribution in [0.1, 0.15) is 38.3 Å². The maximum Gasteiger partial charge on any atom is 0.0702 e. The molecule has 2 aromatic rings. The summed E-state index contributed by atoms with van der Waals surface area (Å²) in [5.41, 5.74) is 8.50. The normalized spacial score (nSPS) is 25.1. The molecule has 112 valence electrons. The molecular weight excluding hydrogens is 258 g/mol. The molecule has 0 bridgehead atoms. The average Bonchev–Trinajstić information content (AvgIpc) is 2.51. The van der Waals surface area contributed by atoms with Gasteiger partial charge in [-0.2, -0.15) is 0 Å². The van der Waals surface area contributed by atoms with Crippen LogP contribution >= 0.6 is 0 Å². The Kier molecular flexibility index (Phi) is 4.22. The van der Waals surface area contributed by atoms with Crippen LogP contribution in [-0.4, -0.2) is 29.0 Å². The predicted molar refractivity (Wildman–Crippen MR) is 88.1 cm³/mol. The third-order valence-electron chi connectivity index (χ3n) is 4.80. The Hall–Kier alpha value is -1.45. The Labute approximate surface area is 127 Å². The number of benzene rings is 1. The van der Waals surface area contributed by atoms with Gasteiger partial charge in [0.2, 0.25) is 0 Å². The Morgan fingerprint density at radius 3 is 2.95 bits per heavy atom. The van der Waals surface area contributed by atoms with E-state index in [-0.39, 0.29) is 0 Å². The van der Waals surface area contributed by atoms with E-state index in [9.17, 15) is 0 Å². The number of nitrogens with two attached hydrogens (primary N) is 1. The summed E-state index contributed by atoms with van der Waals surface area (Å²) in [6, 6.07) is 11.6. The topological polar surface area (TPSA) is 42.1 Å². The summed E-state index contributed by atoms with van der Waals surface area (Å²) >= 11 is 0. The summed E-state index contributed by atoms with van der Waals surface area (Å²) in [7, 11) is 0. The lowest BCUT2D eigenvalue weighted by molar-refractivity contribution is 0.0799. The number of pyridine rings is 1. The average molecular weight is 283 g/mol. The molecule has 0 radical (unpaired) electrons. The van der Waals surface area contributed by atoms with Gasteiger partial charge in [0.1, 0.15) is 0 Å². The van der Waals surface area contributed by atoms with Crippen LogP contribution in [0, 0.1) is 5.92 Å². The van der Waals surface area contributed by atoms with Gasteiger partial charge in [-0.15, -0.1) is 0 Å². The molecular formula is C18H25N3. The minimum atomic E-state index is 0.312. The number of rotatable bonds is 3. The minimum Gasteiger partial charge on any atom is -0.329 e. The molecule has 1 aliphatic heterocycles. The van der Waals surface area contributed by atoms with E-state index in [4.69, 9.17) is 5.73 Å². The van der Waals surface area contributed by atoms with Crippen molar-refractivity contribution in [3.63, 3.8) is 0 Å². The fraction of sp³-hybridized carbons (Fsp3) is 0.500. The first kappa shape index (κ1) is 14.5. The van der Waals surface area contributed by atoms with Crippen molar-refractivity contribution in [3.05, 3.63) is 42.1 Å². The maximum absolute atomic E-state index is 6.13. The number of hydrogen-bond acceptors (Lipinski definition) is 3. The molecule has 2 heterocycles. The van der Waals surface area contributed by atoms with Gasteiger partial charge in [0.05, 0.1) is 5.52 Å². The smallest absolute Gasteiger partial charge is 0.0702 e. The lowest BCUT2D eigenvalue weighted by atomic mass is 9.91. The Balaban J connectivity index is 1.93. The molecule has 3 nitrogen and oxygen atoms in total. The van der Waals surface area contributed by atoms with Crippen LogP contribution in [0.2, 0.25) is 0 Å². The zero-order valence-electron chi connectivity index (χ0n) is 13.0. The highest BCUT2D eigenvalue weighted by Gasteiger charge is 2.29. The van der Waals surface area contributed by atoms with Crippen molar-refractivity contribution in [1.29, 1.82) is 0 Å². The van der Waals surface area contributed by atoms with Crippen molar-refractivity contribution in [2.75, 3.05) is 13.1 Å². The number of aromatic nitrogens is 1. The molecule has 1 aromatic carbocycles. The number of nitrogens with zero attached hydrogens (tertiary/aromatic N) is 2. The van der Waals surface area contributed by atoms with Crippen molar-refractivity contribution in [1.82, 2.24) is 9.88 Å². The molecule has 3 heteroatoms. The highest BCUT2D eigenvalue weighted by molar-refractivity contribution is 5.79. The van der Waals surface area contributed by atoms with Gasteiger partial charge >= 0.3 is 0 Å². The van der Waals surface area contributed by atoms with E-state index in [1.807, 2.05) is 12.3 Å². The quantitative estimate of drug-likeness (QED) is 0.939. The summed E-state index contributed by atoms with van der Waals surface area (Å²) in [6.07, 6.45) is 4.44. The molecule has 2 N–H and O–H groups in total. The first-order chi connectivity index (χ1) is 10.2. The van der Waals surface area contributed by atoms with E-state index in [0.29, 0.717) is 18.6 Å². The summed E-state index contributed by atoms with van der Waals surface area (Å²) in [5, 5.41) is 1.20. The number of likely N-dealkylation sites (tertiary alicyclic amines) is 1. The van der Waals surface area contributed by atoms with Crippen LogP contribution < -0.4 is 5.73 Å². The molecule has 1 aliphatic rings. The maximum atomic E-state index is 6.13. The summed E-state index contributed by atoms with van der Waals surface area (Å²) in [4.78, 5) is 6.99. The third kappa shape index (κ3) is 2.94. The van der Waals surface area contributed by atoms with Crippen molar-refractivity contribution in [3.8, 4) is 0 Å². The van der Waals surface area contributed by atoms with Gasteiger partial charge in [0.15, 0.2) is 0 Å². The zero-order chi connectivity index (χ0) is 14.8. The fourth-order valence-electron chi connectivity index (χ4n) is 3.52. The predicted octanol–water partition coefficient (Wildman–Crippen LogP) is 3.36. The highest BCUT2D eigenvalue weighted by atomic mass is 15.2. The van der Waals surface area contributed by atoms with Crippen molar-refractivity contribution in [2.24, 2.45) is 11.7 Å². The van der Waals surface area contributed by atoms with Crippen molar-refractivity contribution < 1.29 is 0 Å². The molecule has 1 saturated heterocycles. The molecule has 0 amide bonds. The molecule has 3 unspecified atom stereocenters. The van der Waals surface area contributed by atoms with E-state index in [1.54, 1.807) is 0 Å². The lowest BCUT2D eigenvalue weighted by Gasteiger charge is -2.42. The molecule has 0 saturated carbocycles. The van der Waals surface area contributed by atoms with Crippen LogP contribution in [0.5, 0.6) is 0 Å². The Morgan fingerprint density at radius 2 is 2.14 bits per heavy atom. The third-order valence-corrected chi connectivity index (χ3v) is 4.80. The standard InChI is InChI=1S/C18H25N3/c1-13-5-6-14(2)21(12-13)18(11-19)16-7-8-17-15(10-16)4-3-9-20-17/h3-4,7-10,13-14,18H,5-6,11-12,19H2,1-2H3. The molecule has 3 atom stereocenters. The van der Waals surface area contributed by atoms with Crippen LogP contribution in [0.15, 0.2) is 36.5 Å². The lowest BCUT2D eigenvalue weighted by Crippen LogP contribution is -2.45. The fourth-order valence-corrected chi connectivity index (χ4v) is 3.52. The van der Waals surface area contributed by atoms with Crippen LogP contribution in [0.4, 0.5) is 0 Å². The second-order valence-electron chi connectivity index (χ2n) is 6.44. The molecule has 0 spiro atoms. The summed E-state index contributed by atoms with van der Waals surface area (Å²) < 4.78 is 0. The minimum absolute atomic E-state index is 0.312. The van der Waals surface area contributed by atoms with E-state index < -0.39 is 0 Å². The van der Waals surface area contributed by atoms with Gasteiger partial charge in [-0.3, -0.25) is 9.88 Å². The van der Waals surface area contributed by atoms with Gasteiger partial charge in [-0.05, 0) is 49.4 Å². The van der Waals surface area contributed by atoms with Crippen molar-refractivity contribution >= 4 is 10.9 Å². The van der Waals surface area contributed by atoms with Gasteiger partial charge in [0.25, 0.3) is 0 Å². The zero-order valence-corrected chi connectivity index (χ0v) is 13.0. The number of fused-ring (bicyclic) bond motifs is 1. The van der Waals surface area contributed by atoms with Gasteiger partial charge in [0, 0.05) is 36.8 Å². The Bertz CT molecular complexity index is 610. The second kappa shape index (κ2) is 6.12. The largest absolute Gasteiger partial charge is 0.329 e. The highest BCUT2D eigenvalue weighted by Crippen LogP contribution is 2.31.